The number of aliphatic hydroxyl groups excluding tert-OH is 1. The molecule has 0 unspecified atom stereocenters. The molecule has 2 aromatic heterocycles. The second kappa shape index (κ2) is 4.66. The maximum Gasteiger partial charge on any atom is 0.244 e. The number of aryl methyl sites for hydroxylation is 2. The summed E-state index contributed by atoms with van der Waals surface area (Å²) in [5, 5.41) is 16.3. The van der Waals surface area contributed by atoms with Crippen LogP contribution in [0.3, 0.4) is 0 Å². The number of nitrogens with zero attached hydrogens (tertiary/aromatic N) is 2. The summed E-state index contributed by atoms with van der Waals surface area (Å²) in [6.45, 7) is 4.04. The Morgan fingerprint density at radius 3 is 2.65 bits per heavy atom. The Morgan fingerprint density at radius 1 is 1.40 bits per heavy atom. The molecule has 2 aromatic rings. The molecule has 0 spiro atoms. The minimum atomic E-state index is -3.50. The van der Waals surface area contributed by atoms with Crippen molar-refractivity contribution in [3.05, 3.63) is 22.7 Å². The molecule has 0 atom stereocenters. The molecule has 1 aliphatic heterocycles. The average molecular weight is 313 g/mol. The fourth-order valence-corrected chi connectivity index (χ4v) is 5.18. The summed E-state index contributed by atoms with van der Waals surface area (Å²) in [7, 11) is -3.50. The molecule has 3 rings (SSSR count). The maximum absolute atomic E-state index is 12.4. The van der Waals surface area contributed by atoms with Crippen LogP contribution in [0.5, 0.6) is 0 Å². The van der Waals surface area contributed by atoms with E-state index in [2.05, 4.69) is 10.2 Å². The number of hydrogen-bond donors (Lipinski definition) is 2. The van der Waals surface area contributed by atoms with Gasteiger partial charge in [0, 0.05) is 23.7 Å². The highest BCUT2D eigenvalue weighted by molar-refractivity contribution is 7.89. The van der Waals surface area contributed by atoms with Gasteiger partial charge in [-0.2, -0.15) is 9.40 Å². The first-order valence-corrected chi connectivity index (χ1v) is 8.44. The largest absolute Gasteiger partial charge is 0.390 e. The minimum Gasteiger partial charge on any atom is -0.390 e. The Kier molecular flexibility index (Phi) is 3.20. The molecular weight excluding hydrogens is 298 g/mol. The van der Waals surface area contributed by atoms with E-state index in [4.69, 9.17) is 0 Å². The van der Waals surface area contributed by atoms with E-state index in [1.54, 1.807) is 13.0 Å². The molecule has 108 valence electrons. The zero-order chi connectivity index (χ0) is 14.5. The molecule has 0 aliphatic carbocycles. The van der Waals surface area contributed by atoms with Gasteiger partial charge in [-0.1, -0.05) is 0 Å². The van der Waals surface area contributed by atoms with E-state index in [0.29, 0.717) is 4.90 Å². The number of aromatic amines is 1. The lowest BCUT2D eigenvalue weighted by atomic mass is 10.2. The van der Waals surface area contributed by atoms with E-state index in [0.717, 1.165) is 21.1 Å². The molecular formula is C12H15N3O3S2. The Balaban J connectivity index is 1.97. The van der Waals surface area contributed by atoms with Gasteiger partial charge < -0.3 is 5.11 Å². The quantitative estimate of drug-likeness (QED) is 0.889. The molecule has 20 heavy (non-hydrogen) atoms. The molecule has 1 saturated heterocycles. The molecule has 0 bridgehead atoms. The number of hydrogen-bond acceptors (Lipinski definition) is 5. The monoisotopic (exact) mass is 313 g/mol. The van der Waals surface area contributed by atoms with Gasteiger partial charge in [0.25, 0.3) is 0 Å². The zero-order valence-electron chi connectivity index (χ0n) is 11.1. The summed E-state index contributed by atoms with van der Waals surface area (Å²) < 4.78 is 26.1. The van der Waals surface area contributed by atoms with E-state index in [1.165, 1.54) is 15.6 Å². The van der Waals surface area contributed by atoms with E-state index in [9.17, 15) is 13.5 Å². The zero-order valence-corrected chi connectivity index (χ0v) is 12.8. The van der Waals surface area contributed by atoms with Gasteiger partial charge >= 0.3 is 0 Å². The van der Waals surface area contributed by atoms with Crippen LogP contribution in [0.2, 0.25) is 0 Å². The third kappa shape index (κ3) is 2.18. The molecule has 1 fully saturated rings. The van der Waals surface area contributed by atoms with Crippen molar-refractivity contribution >= 4 is 21.4 Å². The second-order valence-corrected chi connectivity index (χ2v) is 8.11. The molecule has 6 nitrogen and oxygen atoms in total. The Morgan fingerprint density at radius 2 is 2.10 bits per heavy atom. The van der Waals surface area contributed by atoms with Gasteiger partial charge in [0.15, 0.2) is 0 Å². The molecule has 2 N–H and O–H groups in total. The van der Waals surface area contributed by atoms with Crippen LogP contribution < -0.4 is 0 Å². The van der Waals surface area contributed by atoms with E-state index in [1.807, 2.05) is 13.0 Å². The fourth-order valence-electron chi connectivity index (χ4n) is 2.14. The first kappa shape index (κ1) is 13.7. The molecule has 1 aliphatic rings. The summed E-state index contributed by atoms with van der Waals surface area (Å²) in [6.07, 6.45) is -0.544. The third-order valence-electron chi connectivity index (χ3n) is 3.28. The van der Waals surface area contributed by atoms with Crippen LogP contribution in [0, 0.1) is 13.8 Å². The molecule has 0 aromatic carbocycles. The van der Waals surface area contributed by atoms with Gasteiger partial charge in [-0.15, -0.1) is 11.3 Å². The van der Waals surface area contributed by atoms with Crippen molar-refractivity contribution < 1.29 is 13.5 Å². The van der Waals surface area contributed by atoms with Crippen molar-refractivity contribution in [2.45, 2.75) is 24.8 Å². The number of aliphatic hydroxyl groups is 1. The van der Waals surface area contributed by atoms with Crippen LogP contribution in [0.25, 0.3) is 10.6 Å². The standard InChI is InChI=1S/C12H15N3O3S2/c1-7-3-10(14-13-7)11-4-12(8(2)19-11)20(17,18)15-5-9(16)6-15/h3-4,9,16H,5-6H2,1-2H3,(H,13,14). The lowest BCUT2D eigenvalue weighted by Crippen LogP contribution is -2.53. The fraction of sp³-hybridized carbons (Fsp3) is 0.417. The third-order valence-corrected chi connectivity index (χ3v) is 6.44. The number of thiophene rings is 1. The van der Waals surface area contributed by atoms with Crippen molar-refractivity contribution in [3.63, 3.8) is 0 Å². The first-order chi connectivity index (χ1) is 9.38. The van der Waals surface area contributed by atoms with Crippen LogP contribution in [0.4, 0.5) is 0 Å². The summed E-state index contributed by atoms with van der Waals surface area (Å²) in [5.41, 5.74) is 1.68. The normalized spacial score (nSPS) is 17.4. The van der Waals surface area contributed by atoms with E-state index >= 15 is 0 Å². The number of H-pyrrole nitrogens is 1. The summed E-state index contributed by atoms with van der Waals surface area (Å²) in [6, 6.07) is 3.55. The summed E-state index contributed by atoms with van der Waals surface area (Å²) in [5.74, 6) is 0. The van der Waals surface area contributed by atoms with Crippen molar-refractivity contribution in [2.24, 2.45) is 0 Å². The van der Waals surface area contributed by atoms with Crippen molar-refractivity contribution in [2.75, 3.05) is 13.1 Å². The van der Waals surface area contributed by atoms with Gasteiger partial charge in [-0.25, -0.2) is 8.42 Å². The molecule has 8 heteroatoms. The van der Waals surface area contributed by atoms with Crippen LogP contribution >= 0.6 is 11.3 Å². The van der Waals surface area contributed by atoms with Gasteiger partial charge in [0.2, 0.25) is 10.0 Å². The van der Waals surface area contributed by atoms with E-state index in [-0.39, 0.29) is 13.1 Å². The predicted octanol–water partition coefficient (Wildman–Crippen LogP) is 1.12. The highest BCUT2D eigenvalue weighted by atomic mass is 32.2. The molecule has 0 saturated carbocycles. The molecule has 0 radical (unpaired) electrons. The minimum absolute atomic E-state index is 0.175. The lowest BCUT2D eigenvalue weighted by molar-refractivity contribution is 0.0548. The highest BCUT2D eigenvalue weighted by Crippen LogP contribution is 2.35. The van der Waals surface area contributed by atoms with Crippen molar-refractivity contribution in [1.82, 2.24) is 14.5 Å². The summed E-state index contributed by atoms with van der Waals surface area (Å²) >= 11 is 1.41. The van der Waals surface area contributed by atoms with Crippen LogP contribution in [0.15, 0.2) is 17.0 Å². The topological polar surface area (TPSA) is 86.3 Å². The number of sulfonamides is 1. The SMILES string of the molecule is Cc1cc(-c2cc(S(=O)(=O)N3CC(O)C3)c(C)s2)n[nH]1. The summed E-state index contributed by atoms with van der Waals surface area (Å²) in [4.78, 5) is 1.87. The van der Waals surface area contributed by atoms with Gasteiger partial charge in [-0.05, 0) is 26.0 Å². The Labute approximate surface area is 121 Å². The van der Waals surface area contributed by atoms with Crippen molar-refractivity contribution in [1.29, 1.82) is 0 Å². The highest BCUT2D eigenvalue weighted by Gasteiger charge is 2.37. The smallest absolute Gasteiger partial charge is 0.244 e. The second-order valence-electron chi connectivity index (χ2n) is 4.94. The molecule has 3 heterocycles. The van der Waals surface area contributed by atoms with E-state index < -0.39 is 16.1 Å². The number of aromatic nitrogens is 2. The Bertz CT molecular complexity index is 742. The number of β-amino-alcohol motifs (C(OH)–C–C–N with tert-alkyl or cyclic N) is 1. The van der Waals surface area contributed by atoms with Gasteiger partial charge in [-0.3, -0.25) is 5.10 Å². The van der Waals surface area contributed by atoms with Crippen LogP contribution in [-0.4, -0.2) is 47.2 Å². The average Bonchev–Trinajstić information content (AvgIpc) is 2.91. The predicted molar refractivity (Wildman–Crippen MR) is 76.1 cm³/mol. The first-order valence-electron chi connectivity index (χ1n) is 6.19. The van der Waals surface area contributed by atoms with Gasteiger partial charge in [0.05, 0.1) is 15.9 Å². The van der Waals surface area contributed by atoms with Crippen molar-refractivity contribution in [3.8, 4) is 10.6 Å². The number of nitrogens with one attached hydrogen (secondary N) is 1. The Hall–Kier alpha value is -1.22. The van der Waals surface area contributed by atoms with Crippen LogP contribution in [-0.2, 0) is 10.0 Å². The van der Waals surface area contributed by atoms with Crippen LogP contribution in [0.1, 0.15) is 10.6 Å². The molecule has 0 amide bonds. The number of rotatable bonds is 3. The lowest BCUT2D eigenvalue weighted by Gasteiger charge is -2.34. The van der Waals surface area contributed by atoms with Gasteiger partial charge in [0.1, 0.15) is 5.69 Å². The maximum atomic E-state index is 12.4.